The summed E-state index contributed by atoms with van der Waals surface area (Å²) in [6.45, 7) is 1.99. The first kappa shape index (κ1) is 11.4. The summed E-state index contributed by atoms with van der Waals surface area (Å²) in [5, 5.41) is 0.549. The highest BCUT2D eigenvalue weighted by Crippen LogP contribution is 2.16. The Morgan fingerprint density at radius 3 is 2.86 bits per heavy atom. The molecular formula is C10H14ClFN2. The maximum Gasteiger partial charge on any atom is 0.126 e. The predicted octanol–water partition coefficient (Wildman–Crippen LogP) is 2.26. The molecule has 0 aliphatic carbocycles. The highest BCUT2D eigenvalue weighted by molar-refractivity contribution is 6.30. The molecule has 0 spiro atoms. The van der Waals surface area contributed by atoms with Crippen LogP contribution in [0.1, 0.15) is 18.9 Å². The minimum absolute atomic E-state index is 0.0861. The van der Waals surface area contributed by atoms with Gasteiger partial charge < -0.3 is 0 Å². The minimum Gasteiger partial charge on any atom is -0.271 e. The van der Waals surface area contributed by atoms with E-state index in [0.29, 0.717) is 17.0 Å². The Morgan fingerprint density at radius 2 is 2.29 bits per heavy atom. The molecule has 3 N–H and O–H groups in total. The van der Waals surface area contributed by atoms with Crippen LogP contribution in [0.15, 0.2) is 18.2 Å². The van der Waals surface area contributed by atoms with Gasteiger partial charge in [-0.15, -0.1) is 0 Å². The van der Waals surface area contributed by atoms with Crippen molar-refractivity contribution in [3.8, 4) is 0 Å². The topological polar surface area (TPSA) is 38.0 Å². The van der Waals surface area contributed by atoms with E-state index in [1.54, 1.807) is 6.07 Å². The molecule has 0 aliphatic rings. The second kappa shape index (κ2) is 5.29. The molecule has 1 aromatic carbocycles. The van der Waals surface area contributed by atoms with Crippen LogP contribution in [0.25, 0.3) is 0 Å². The molecule has 0 saturated carbocycles. The van der Waals surface area contributed by atoms with Crippen LogP contribution in [-0.4, -0.2) is 6.04 Å². The Labute approximate surface area is 88.2 Å². The van der Waals surface area contributed by atoms with Gasteiger partial charge in [0.25, 0.3) is 0 Å². The van der Waals surface area contributed by atoms with Gasteiger partial charge in [0.15, 0.2) is 0 Å². The molecule has 1 unspecified atom stereocenters. The van der Waals surface area contributed by atoms with E-state index in [1.165, 1.54) is 12.1 Å². The van der Waals surface area contributed by atoms with Crippen molar-refractivity contribution in [1.29, 1.82) is 0 Å². The number of benzene rings is 1. The van der Waals surface area contributed by atoms with Crippen LogP contribution in [0, 0.1) is 5.82 Å². The zero-order valence-electron chi connectivity index (χ0n) is 8.06. The third-order valence-corrected chi connectivity index (χ3v) is 2.44. The molecule has 0 saturated heterocycles. The van der Waals surface area contributed by atoms with Gasteiger partial charge in [0.2, 0.25) is 0 Å². The van der Waals surface area contributed by atoms with Gasteiger partial charge in [-0.05, 0) is 36.6 Å². The maximum atomic E-state index is 13.3. The fraction of sp³-hybridized carbons (Fsp3) is 0.400. The van der Waals surface area contributed by atoms with Crippen LogP contribution in [0.5, 0.6) is 0 Å². The fourth-order valence-electron chi connectivity index (χ4n) is 1.29. The predicted molar refractivity (Wildman–Crippen MR) is 56.5 cm³/mol. The van der Waals surface area contributed by atoms with E-state index in [1.807, 2.05) is 6.92 Å². The molecule has 4 heteroatoms. The van der Waals surface area contributed by atoms with E-state index >= 15 is 0 Å². The average Bonchev–Trinajstić information content (AvgIpc) is 2.19. The summed E-state index contributed by atoms with van der Waals surface area (Å²) < 4.78 is 13.3. The Kier molecular flexibility index (Phi) is 4.32. The standard InChI is InChI=1S/C10H14ClFN2/c1-2-9(14-13)6-7-5-8(11)3-4-10(7)12/h3-5,9,14H,2,6,13H2,1H3. The minimum atomic E-state index is -0.233. The van der Waals surface area contributed by atoms with Crippen LogP contribution in [-0.2, 0) is 6.42 Å². The van der Waals surface area contributed by atoms with Gasteiger partial charge in [0.05, 0.1) is 0 Å². The SMILES string of the molecule is CCC(Cc1cc(Cl)ccc1F)NN. The van der Waals surface area contributed by atoms with E-state index in [4.69, 9.17) is 17.4 Å². The lowest BCUT2D eigenvalue weighted by molar-refractivity contribution is 0.497. The summed E-state index contributed by atoms with van der Waals surface area (Å²) in [6.07, 6.45) is 1.40. The lowest BCUT2D eigenvalue weighted by atomic mass is 10.0. The smallest absolute Gasteiger partial charge is 0.126 e. The first-order valence-electron chi connectivity index (χ1n) is 4.57. The summed E-state index contributed by atoms with van der Waals surface area (Å²) in [5.41, 5.74) is 3.24. The monoisotopic (exact) mass is 216 g/mol. The number of nitrogens with one attached hydrogen (secondary N) is 1. The quantitative estimate of drug-likeness (QED) is 0.599. The molecule has 0 fully saturated rings. The maximum absolute atomic E-state index is 13.3. The highest BCUT2D eigenvalue weighted by atomic mass is 35.5. The first-order valence-corrected chi connectivity index (χ1v) is 4.95. The normalized spacial score (nSPS) is 12.9. The van der Waals surface area contributed by atoms with E-state index < -0.39 is 0 Å². The summed E-state index contributed by atoms with van der Waals surface area (Å²) in [5.74, 6) is 5.08. The van der Waals surface area contributed by atoms with Crippen LogP contribution < -0.4 is 11.3 Å². The van der Waals surface area contributed by atoms with Crippen molar-refractivity contribution in [2.24, 2.45) is 5.84 Å². The number of hydrogen-bond acceptors (Lipinski definition) is 2. The molecule has 0 aromatic heterocycles. The van der Waals surface area contributed by atoms with Gasteiger partial charge >= 0.3 is 0 Å². The third-order valence-electron chi connectivity index (χ3n) is 2.20. The van der Waals surface area contributed by atoms with Crippen molar-refractivity contribution in [3.05, 3.63) is 34.6 Å². The summed E-state index contributed by atoms with van der Waals surface area (Å²) in [4.78, 5) is 0. The largest absolute Gasteiger partial charge is 0.271 e. The summed E-state index contributed by atoms with van der Waals surface area (Å²) >= 11 is 5.77. The molecule has 0 heterocycles. The van der Waals surface area contributed by atoms with Crippen molar-refractivity contribution in [3.63, 3.8) is 0 Å². The fourth-order valence-corrected chi connectivity index (χ4v) is 1.48. The van der Waals surface area contributed by atoms with Crippen LogP contribution >= 0.6 is 11.6 Å². The number of hydrogen-bond donors (Lipinski definition) is 2. The molecule has 1 atom stereocenters. The molecule has 1 rings (SSSR count). The van der Waals surface area contributed by atoms with E-state index in [-0.39, 0.29) is 11.9 Å². The molecule has 1 aromatic rings. The Morgan fingerprint density at radius 1 is 1.57 bits per heavy atom. The van der Waals surface area contributed by atoms with E-state index in [0.717, 1.165) is 6.42 Å². The van der Waals surface area contributed by atoms with Gasteiger partial charge in [0, 0.05) is 11.1 Å². The number of nitrogens with two attached hydrogens (primary N) is 1. The second-order valence-electron chi connectivity index (χ2n) is 3.21. The van der Waals surface area contributed by atoms with Gasteiger partial charge in [-0.1, -0.05) is 18.5 Å². The molecule has 0 bridgehead atoms. The number of hydrazine groups is 1. The van der Waals surface area contributed by atoms with Crippen LogP contribution in [0.3, 0.4) is 0 Å². The Hall–Kier alpha value is -0.640. The molecule has 2 nitrogen and oxygen atoms in total. The van der Waals surface area contributed by atoms with E-state index in [2.05, 4.69) is 5.43 Å². The second-order valence-corrected chi connectivity index (χ2v) is 3.65. The Balaban J connectivity index is 2.79. The third kappa shape index (κ3) is 2.94. The zero-order chi connectivity index (χ0) is 10.6. The number of rotatable bonds is 4. The number of halogens is 2. The molecule has 14 heavy (non-hydrogen) atoms. The zero-order valence-corrected chi connectivity index (χ0v) is 8.81. The average molecular weight is 217 g/mol. The summed E-state index contributed by atoms with van der Waals surface area (Å²) in [7, 11) is 0. The van der Waals surface area contributed by atoms with Crippen molar-refractivity contribution in [2.45, 2.75) is 25.8 Å². The van der Waals surface area contributed by atoms with Gasteiger partial charge in [-0.25, -0.2) is 4.39 Å². The lowest BCUT2D eigenvalue weighted by Gasteiger charge is -2.13. The molecule has 0 aliphatic heterocycles. The molecule has 0 amide bonds. The van der Waals surface area contributed by atoms with Crippen molar-refractivity contribution < 1.29 is 4.39 Å². The van der Waals surface area contributed by atoms with Crippen LogP contribution in [0.4, 0.5) is 4.39 Å². The molecule has 0 radical (unpaired) electrons. The lowest BCUT2D eigenvalue weighted by Crippen LogP contribution is -2.36. The van der Waals surface area contributed by atoms with Crippen molar-refractivity contribution >= 4 is 11.6 Å². The van der Waals surface area contributed by atoms with Crippen LogP contribution in [0.2, 0.25) is 5.02 Å². The van der Waals surface area contributed by atoms with Gasteiger partial charge in [-0.2, -0.15) is 0 Å². The van der Waals surface area contributed by atoms with Crippen molar-refractivity contribution in [2.75, 3.05) is 0 Å². The van der Waals surface area contributed by atoms with E-state index in [9.17, 15) is 4.39 Å². The first-order chi connectivity index (χ1) is 6.67. The highest BCUT2D eigenvalue weighted by Gasteiger charge is 2.09. The van der Waals surface area contributed by atoms with Gasteiger partial charge in [-0.3, -0.25) is 11.3 Å². The molecular weight excluding hydrogens is 203 g/mol. The molecule has 78 valence electrons. The van der Waals surface area contributed by atoms with Crippen molar-refractivity contribution in [1.82, 2.24) is 5.43 Å². The Bertz CT molecular complexity index is 300. The summed E-state index contributed by atoms with van der Waals surface area (Å²) in [6, 6.07) is 4.64. The van der Waals surface area contributed by atoms with Gasteiger partial charge in [0.1, 0.15) is 5.82 Å².